The van der Waals surface area contributed by atoms with Crippen molar-refractivity contribution in [2.45, 2.75) is 6.54 Å². The minimum Gasteiger partial charge on any atom is -0.324 e. The average Bonchev–Trinajstić information content (AvgIpc) is 2.65. The van der Waals surface area contributed by atoms with Crippen LogP contribution in [0.15, 0.2) is 59.7 Å². The first-order chi connectivity index (χ1) is 13.3. The quantitative estimate of drug-likeness (QED) is 0.536. The van der Waals surface area contributed by atoms with Crippen LogP contribution in [-0.2, 0) is 11.3 Å². The molecular weight excluding hydrogens is 374 g/mol. The molecule has 3 rings (SSSR count). The molecule has 0 atom stereocenters. The second-order valence-electron chi connectivity index (χ2n) is 5.72. The Hall–Kier alpha value is -3.95. The number of rotatable bonds is 5. The van der Waals surface area contributed by atoms with Gasteiger partial charge in [-0.25, -0.2) is 9.37 Å². The molecule has 8 nitrogen and oxygen atoms in total. The lowest BCUT2D eigenvalue weighted by atomic mass is 10.1. The third kappa shape index (κ3) is 4.23. The van der Waals surface area contributed by atoms with Gasteiger partial charge in [0.15, 0.2) is 0 Å². The number of aromatic nitrogens is 2. The summed E-state index contributed by atoms with van der Waals surface area (Å²) in [6.45, 7) is -0.402. The van der Waals surface area contributed by atoms with Gasteiger partial charge in [0.1, 0.15) is 12.4 Å². The summed E-state index contributed by atoms with van der Waals surface area (Å²) in [5.41, 5.74) is -0.429. The number of hydrogen-bond donors (Lipinski definition) is 1. The van der Waals surface area contributed by atoms with Gasteiger partial charge in [-0.05, 0) is 36.4 Å². The third-order valence-electron chi connectivity index (χ3n) is 3.76. The number of hydrogen-bond acceptors (Lipinski definition) is 5. The fourth-order valence-corrected chi connectivity index (χ4v) is 2.41. The lowest BCUT2D eigenvalue weighted by Gasteiger charge is -2.08. The van der Waals surface area contributed by atoms with E-state index in [1.165, 1.54) is 36.4 Å². The number of anilines is 1. The SMILES string of the molecule is O=C(Cn1cnc(-c2ccc(F)cc2)cc1=O)Nc1ccc(F)c([N+](=O)[O-])c1. The van der Waals surface area contributed by atoms with Crippen molar-refractivity contribution in [3.05, 3.63) is 87.0 Å². The normalized spacial score (nSPS) is 10.5. The Bertz CT molecular complexity index is 1110. The maximum absolute atomic E-state index is 13.3. The minimum absolute atomic E-state index is 0.0158. The van der Waals surface area contributed by atoms with Crippen LogP contribution in [0.4, 0.5) is 20.2 Å². The molecule has 0 bridgehead atoms. The molecule has 2 aromatic carbocycles. The van der Waals surface area contributed by atoms with Crippen LogP contribution >= 0.6 is 0 Å². The van der Waals surface area contributed by atoms with Gasteiger partial charge >= 0.3 is 5.69 Å². The summed E-state index contributed by atoms with van der Waals surface area (Å²) in [5.74, 6) is -2.10. The maximum Gasteiger partial charge on any atom is 0.306 e. The van der Waals surface area contributed by atoms with Crippen molar-refractivity contribution >= 4 is 17.3 Å². The highest BCUT2D eigenvalue weighted by Crippen LogP contribution is 2.21. The Morgan fingerprint density at radius 2 is 1.86 bits per heavy atom. The van der Waals surface area contributed by atoms with Crippen molar-refractivity contribution in [1.82, 2.24) is 9.55 Å². The second kappa shape index (κ2) is 7.74. The minimum atomic E-state index is -1.03. The second-order valence-corrected chi connectivity index (χ2v) is 5.72. The van der Waals surface area contributed by atoms with Gasteiger partial charge in [0.25, 0.3) is 5.56 Å². The zero-order valence-electron chi connectivity index (χ0n) is 14.1. The topological polar surface area (TPSA) is 107 Å². The molecule has 0 spiro atoms. The van der Waals surface area contributed by atoms with Gasteiger partial charge < -0.3 is 5.32 Å². The molecule has 28 heavy (non-hydrogen) atoms. The number of carbonyl (C=O) groups excluding carboxylic acids is 1. The van der Waals surface area contributed by atoms with E-state index in [1.807, 2.05) is 0 Å². The Morgan fingerprint density at radius 1 is 1.14 bits per heavy atom. The Balaban J connectivity index is 1.74. The molecule has 1 N–H and O–H groups in total. The van der Waals surface area contributed by atoms with Crippen LogP contribution < -0.4 is 10.9 Å². The van der Waals surface area contributed by atoms with Gasteiger partial charge in [-0.1, -0.05) is 0 Å². The predicted octanol–water partition coefficient (Wildman–Crippen LogP) is 2.74. The van der Waals surface area contributed by atoms with E-state index in [0.29, 0.717) is 11.3 Å². The number of carbonyl (C=O) groups is 1. The third-order valence-corrected chi connectivity index (χ3v) is 3.76. The molecule has 1 heterocycles. The van der Waals surface area contributed by atoms with E-state index in [-0.39, 0.29) is 5.69 Å². The van der Waals surface area contributed by atoms with Crippen molar-refractivity contribution in [1.29, 1.82) is 0 Å². The number of nitrogens with one attached hydrogen (secondary N) is 1. The van der Waals surface area contributed by atoms with Crippen molar-refractivity contribution < 1.29 is 18.5 Å². The number of halogens is 2. The van der Waals surface area contributed by atoms with Gasteiger partial charge in [-0.3, -0.25) is 24.3 Å². The maximum atomic E-state index is 13.3. The Labute approximate surface area is 156 Å². The summed E-state index contributed by atoms with van der Waals surface area (Å²) >= 11 is 0. The zero-order valence-corrected chi connectivity index (χ0v) is 14.1. The fraction of sp³-hybridized carbons (Fsp3) is 0.0556. The van der Waals surface area contributed by atoms with Crippen LogP contribution in [0.3, 0.4) is 0 Å². The van der Waals surface area contributed by atoms with E-state index in [9.17, 15) is 28.5 Å². The first kappa shape index (κ1) is 18.8. The van der Waals surface area contributed by atoms with E-state index in [4.69, 9.17) is 0 Å². The van der Waals surface area contributed by atoms with E-state index in [1.54, 1.807) is 0 Å². The number of amides is 1. The van der Waals surface area contributed by atoms with E-state index in [0.717, 1.165) is 23.0 Å². The van der Waals surface area contributed by atoms with Crippen LogP contribution in [0.2, 0.25) is 0 Å². The van der Waals surface area contributed by atoms with Crippen LogP contribution in [0.1, 0.15) is 0 Å². The lowest BCUT2D eigenvalue weighted by molar-refractivity contribution is -0.387. The molecule has 0 aliphatic heterocycles. The molecule has 142 valence electrons. The van der Waals surface area contributed by atoms with Gasteiger partial charge in [0, 0.05) is 23.4 Å². The molecule has 0 saturated heterocycles. The number of nitro groups is 1. The standard InChI is InChI=1S/C18H12F2N4O4/c19-12-3-1-11(2-4-12)15-8-18(26)23(10-21-15)9-17(25)22-13-5-6-14(20)16(7-13)24(27)28/h1-8,10H,9H2,(H,22,25). The van der Waals surface area contributed by atoms with Crippen molar-refractivity contribution in [2.75, 3.05) is 5.32 Å². The van der Waals surface area contributed by atoms with Crippen molar-refractivity contribution in [3.8, 4) is 11.3 Å². The number of benzene rings is 2. The molecule has 1 aromatic heterocycles. The van der Waals surface area contributed by atoms with Gasteiger partial charge in [-0.15, -0.1) is 0 Å². The Morgan fingerprint density at radius 3 is 2.50 bits per heavy atom. The summed E-state index contributed by atoms with van der Waals surface area (Å²) < 4.78 is 27.3. The van der Waals surface area contributed by atoms with Crippen molar-refractivity contribution in [2.24, 2.45) is 0 Å². The summed E-state index contributed by atoms with van der Waals surface area (Å²) in [6.07, 6.45) is 1.16. The molecule has 3 aromatic rings. The average molecular weight is 386 g/mol. The zero-order chi connectivity index (χ0) is 20.3. The monoisotopic (exact) mass is 386 g/mol. The molecule has 0 unspecified atom stereocenters. The molecule has 0 aliphatic rings. The molecule has 1 amide bonds. The lowest BCUT2D eigenvalue weighted by Crippen LogP contribution is -2.27. The van der Waals surface area contributed by atoms with Gasteiger partial charge in [0.05, 0.1) is 16.9 Å². The summed E-state index contributed by atoms with van der Waals surface area (Å²) in [4.78, 5) is 38.2. The fourth-order valence-electron chi connectivity index (χ4n) is 2.41. The number of nitro benzene ring substituents is 1. The van der Waals surface area contributed by atoms with E-state index >= 15 is 0 Å². The molecule has 0 saturated carbocycles. The smallest absolute Gasteiger partial charge is 0.306 e. The molecule has 0 aliphatic carbocycles. The Kier molecular flexibility index (Phi) is 5.21. The predicted molar refractivity (Wildman–Crippen MR) is 95.6 cm³/mol. The highest BCUT2D eigenvalue weighted by molar-refractivity contribution is 5.90. The van der Waals surface area contributed by atoms with Crippen LogP contribution in [-0.4, -0.2) is 20.4 Å². The molecule has 0 fully saturated rings. The van der Waals surface area contributed by atoms with Crippen molar-refractivity contribution in [3.63, 3.8) is 0 Å². The molecule has 10 heteroatoms. The van der Waals surface area contributed by atoms with Crippen LogP contribution in [0.5, 0.6) is 0 Å². The molecule has 0 radical (unpaired) electrons. The highest BCUT2D eigenvalue weighted by Gasteiger charge is 2.15. The first-order valence-electron chi connectivity index (χ1n) is 7.90. The van der Waals surface area contributed by atoms with E-state index in [2.05, 4.69) is 10.3 Å². The van der Waals surface area contributed by atoms with E-state index < -0.39 is 40.3 Å². The highest BCUT2D eigenvalue weighted by atomic mass is 19.1. The molecular formula is C18H12F2N4O4. The van der Waals surface area contributed by atoms with Gasteiger partial charge in [-0.2, -0.15) is 4.39 Å². The summed E-state index contributed by atoms with van der Waals surface area (Å²) in [5, 5.41) is 13.1. The first-order valence-corrected chi connectivity index (χ1v) is 7.90. The number of nitrogens with zero attached hydrogens (tertiary/aromatic N) is 3. The largest absolute Gasteiger partial charge is 0.324 e. The summed E-state index contributed by atoms with van der Waals surface area (Å²) in [7, 11) is 0. The summed E-state index contributed by atoms with van der Waals surface area (Å²) in [6, 6.07) is 9.51. The van der Waals surface area contributed by atoms with Gasteiger partial charge in [0.2, 0.25) is 11.7 Å². The van der Waals surface area contributed by atoms with Crippen LogP contribution in [0, 0.1) is 21.7 Å². The van der Waals surface area contributed by atoms with Crippen LogP contribution in [0.25, 0.3) is 11.3 Å².